The summed E-state index contributed by atoms with van der Waals surface area (Å²) in [5, 5.41) is 0.143. The van der Waals surface area contributed by atoms with Gasteiger partial charge in [-0.05, 0) is 52.9 Å². The van der Waals surface area contributed by atoms with Crippen LogP contribution in [0.1, 0.15) is 32.6 Å². The highest BCUT2D eigenvalue weighted by Crippen LogP contribution is 2.37. The number of piperazine rings is 1. The molecule has 0 N–H and O–H groups in total. The molecule has 29 heavy (non-hydrogen) atoms. The third kappa shape index (κ3) is 3.74. The number of aromatic nitrogens is 2. The van der Waals surface area contributed by atoms with E-state index in [4.69, 9.17) is 16.3 Å². The molecule has 0 saturated carbocycles. The van der Waals surface area contributed by atoms with E-state index in [0.29, 0.717) is 25.5 Å². The molecule has 2 fully saturated rings. The highest BCUT2D eigenvalue weighted by atomic mass is 79.9. The van der Waals surface area contributed by atoms with Gasteiger partial charge in [0.25, 0.3) is 0 Å². The average Bonchev–Trinajstić information content (AvgIpc) is 2.96. The topological polar surface area (TPSA) is 58.6 Å². The fourth-order valence-electron chi connectivity index (χ4n) is 4.12. The summed E-state index contributed by atoms with van der Waals surface area (Å²) in [5.74, 6) is -1.17. The number of benzene rings is 1. The van der Waals surface area contributed by atoms with Crippen LogP contribution < -0.4 is 4.90 Å². The lowest BCUT2D eigenvalue weighted by molar-refractivity contribution is 0.0777. The number of fused-ring (bicyclic) bond motifs is 3. The van der Waals surface area contributed by atoms with E-state index in [1.165, 1.54) is 6.07 Å². The van der Waals surface area contributed by atoms with Crippen molar-refractivity contribution in [2.75, 3.05) is 24.6 Å². The van der Waals surface area contributed by atoms with Crippen molar-refractivity contribution in [3.8, 4) is 0 Å². The quantitative estimate of drug-likeness (QED) is 0.347. The first-order valence-corrected chi connectivity index (χ1v) is 10.8. The molecule has 0 aliphatic carbocycles. The number of hydrogen-bond acceptors (Lipinski definition) is 5. The fraction of sp³-hybridized carbons (Fsp3) is 0.526. The van der Waals surface area contributed by atoms with E-state index in [0.717, 1.165) is 25.7 Å². The highest BCUT2D eigenvalue weighted by molar-refractivity contribution is 9.10. The third-order valence-electron chi connectivity index (χ3n) is 5.50. The van der Waals surface area contributed by atoms with E-state index in [9.17, 15) is 13.6 Å². The molecule has 0 radical (unpaired) electrons. The van der Waals surface area contributed by atoms with E-state index in [1.54, 1.807) is 4.90 Å². The largest absolute Gasteiger partial charge is 0.449 e. The lowest BCUT2D eigenvalue weighted by atomic mass is 10.1. The molecule has 2 atom stereocenters. The Morgan fingerprint density at radius 3 is 2.66 bits per heavy atom. The second kappa shape index (κ2) is 8.18. The van der Waals surface area contributed by atoms with Crippen LogP contribution in [0.4, 0.5) is 19.4 Å². The number of rotatable bonds is 4. The van der Waals surface area contributed by atoms with Gasteiger partial charge in [0, 0.05) is 18.5 Å². The molecule has 1 amide bonds. The predicted octanol–water partition coefficient (Wildman–Crippen LogP) is 4.91. The number of amides is 1. The van der Waals surface area contributed by atoms with Crippen LogP contribution in [0.3, 0.4) is 0 Å². The maximum absolute atomic E-state index is 14.5. The number of nitrogens with zero attached hydrogens (tertiary/aromatic N) is 4. The Morgan fingerprint density at radius 2 is 2.00 bits per heavy atom. The van der Waals surface area contributed by atoms with E-state index in [1.807, 2.05) is 11.8 Å². The molecule has 2 bridgehead atoms. The van der Waals surface area contributed by atoms with Gasteiger partial charge in [0.05, 0.1) is 23.2 Å². The molecule has 156 valence electrons. The summed E-state index contributed by atoms with van der Waals surface area (Å²) >= 11 is 8.94. The number of hydrogen-bond donors (Lipinski definition) is 0. The maximum Gasteiger partial charge on any atom is 0.410 e. The molecule has 2 aromatic rings. The average molecular weight is 490 g/mol. The van der Waals surface area contributed by atoms with Crippen LogP contribution in [0.5, 0.6) is 0 Å². The molecular formula is C19H20BrClF2N4O2. The van der Waals surface area contributed by atoms with Gasteiger partial charge in [-0.15, -0.1) is 0 Å². The summed E-state index contributed by atoms with van der Waals surface area (Å²) in [7, 11) is 0. The van der Waals surface area contributed by atoms with Crippen LogP contribution in [0.25, 0.3) is 10.9 Å². The number of anilines is 1. The molecule has 10 heteroatoms. The summed E-state index contributed by atoms with van der Waals surface area (Å²) in [4.78, 5) is 24.4. The molecule has 0 spiro atoms. The minimum atomic E-state index is -0.813. The Balaban J connectivity index is 1.63. The molecule has 2 unspecified atom stereocenters. The van der Waals surface area contributed by atoms with Crippen molar-refractivity contribution in [2.24, 2.45) is 0 Å². The summed E-state index contributed by atoms with van der Waals surface area (Å²) in [6, 6.07) is 1.12. The Labute approximate surface area is 180 Å². The SMILES string of the molecule is CCCCOC(=O)N1C2CCC1CN(c1nc(Cl)nc3c(F)c(Br)c(F)cc13)C2. The fourth-order valence-corrected chi connectivity index (χ4v) is 4.59. The first-order chi connectivity index (χ1) is 13.9. The summed E-state index contributed by atoms with van der Waals surface area (Å²) < 4.78 is 33.8. The first-order valence-electron chi connectivity index (χ1n) is 9.61. The Morgan fingerprint density at radius 1 is 1.31 bits per heavy atom. The second-order valence-electron chi connectivity index (χ2n) is 7.36. The van der Waals surface area contributed by atoms with Gasteiger partial charge in [0.1, 0.15) is 17.2 Å². The summed E-state index contributed by atoms with van der Waals surface area (Å²) in [6.45, 7) is 3.43. The second-order valence-corrected chi connectivity index (χ2v) is 8.49. The standard InChI is InChI=1S/C19H20BrClF2N4O2/c1-2-3-6-29-19(28)27-10-4-5-11(27)9-26(8-10)17-12-7-13(22)14(20)15(23)16(12)24-18(21)25-17/h7,10-11H,2-6,8-9H2,1H3. The van der Waals surface area contributed by atoms with Crippen LogP contribution in [-0.4, -0.2) is 52.7 Å². The molecule has 2 aliphatic heterocycles. The molecule has 3 heterocycles. The first kappa shape index (κ1) is 20.5. The predicted molar refractivity (Wildman–Crippen MR) is 109 cm³/mol. The van der Waals surface area contributed by atoms with E-state index >= 15 is 0 Å². The van der Waals surface area contributed by atoms with Crippen molar-refractivity contribution in [1.82, 2.24) is 14.9 Å². The van der Waals surface area contributed by atoms with Gasteiger partial charge in [-0.1, -0.05) is 13.3 Å². The van der Waals surface area contributed by atoms with E-state index in [-0.39, 0.29) is 38.8 Å². The van der Waals surface area contributed by atoms with Gasteiger partial charge in [-0.3, -0.25) is 4.90 Å². The molecule has 1 aromatic heterocycles. The van der Waals surface area contributed by atoms with Gasteiger partial charge < -0.3 is 9.64 Å². The van der Waals surface area contributed by atoms with Crippen LogP contribution in [0.15, 0.2) is 10.5 Å². The van der Waals surface area contributed by atoms with Crippen LogP contribution in [0, 0.1) is 11.6 Å². The van der Waals surface area contributed by atoms with Gasteiger partial charge in [0.2, 0.25) is 5.28 Å². The van der Waals surface area contributed by atoms with Crippen LogP contribution in [0.2, 0.25) is 5.28 Å². The molecule has 1 aromatic carbocycles. The van der Waals surface area contributed by atoms with E-state index < -0.39 is 11.6 Å². The van der Waals surface area contributed by atoms with Crippen LogP contribution >= 0.6 is 27.5 Å². The maximum atomic E-state index is 14.5. The Hall–Kier alpha value is -1.74. The number of carbonyl (C=O) groups excluding carboxylic acids is 1. The molecule has 2 saturated heterocycles. The zero-order valence-electron chi connectivity index (χ0n) is 15.8. The molecular weight excluding hydrogens is 470 g/mol. The van der Waals surface area contributed by atoms with Crippen LogP contribution in [-0.2, 0) is 4.74 Å². The van der Waals surface area contributed by atoms with Crippen molar-refractivity contribution in [1.29, 1.82) is 0 Å². The van der Waals surface area contributed by atoms with Gasteiger partial charge in [0.15, 0.2) is 5.82 Å². The van der Waals surface area contributed by atoms with Crippen molar-refractivity contribution in [3.05, 3.63) is 27.5 Å². The third-order valence-corrected chi connectivity index (χ3v) is 6.39. The van der Waals surface area contributed by atoms with Gasteiger partial charge in [-0.25, -0.2) is 18.6 Å². The van der Waals surface area contributed by atoms with Crippen molar-refractivity contribution in [3.63, 3.8) is 0 Å². The summed E-state index contributed by atoms with van der Waals surface area (Å²) in [6.07, 6.45) is 3.18. The highest BCUT2D eigenvalue weighted by Gasteiger charge is 2.44. The Bertz CT molecular complexity index is 950. The zero-order chi connectivity index (χ0) is 20.7. The van der Waals surface area contributed by atoms with Gasteiger partial charge in [-0.2, -0.15) is 4.98 Å². The zero-order valence-corrected chi connectivity index (χ0v) is 18.1. The monoisotopic (exact) mass is 488 g/mol. The number of halogens is 4. The minimum absolute atomic E-state index is 0.0398. The minimum Gasteiger partial charge on any atom is -0.449 e. The lowest BCUT2D eigenvalue weighted by Gasteiger charge is -2.41. The smallest absolute Gasteiger partial charge is 0.410 e. The van der Waals surface area contributed by atoms with Crippen molar-refractivity contribution < 1.29 is 18.3 Å². The van der Waals surface area contributed by atoms with Crippen molar-refractivity contribution >= 4 is 50.3 Å². The number of unbranched alkanes of at least 4 members (excludes halogenated alkanes) is 1. The summed E-state index contributed by atoms with van der Waals surface area (Å²) in [5.41, 5.74) is -0.0398. The number of carbonyl (C=O) groups is 1. The number of ether oxygens (including phenoxy) is 1. The van der Waals surface area contributed by atoms with Gasteiger partial charge >= 0.3 is 6.09 Å². The molecule has 4 rings (SSSR count). The lowest BCUT2D eigenvalue weighted by Crippen LogP contribution is -2.56. The van der Waals surface area contributed by atoms with E-state index in [2.05, 4.69) is 25.9 Å². The van der Waals surface area contributed by atoms with Crippen molar-refractivity contribution in [2.45, 2.75) is 44.7 Å². The molecule has 2 aliphatic rings. The molecule has 6 nitrogen and oxygen atoms in total. The Kier molecular flexibility index (Phi) is 5.79. The normalized spacial score (nSPS) is 21.1.